The van der Waals surface area contributed by atoms with Crippen molar-refractivity contribution in [3.05, 3.63) is 54.1 Å². The molecule has 13 heteroatoms. The summed E-state index contributed by atoms with van der Waals surface area (Å²) in [5.74, 6) is -2.01. The van der Waals surface area contributed by atoms with Gasteiger partial charge in [-0.2, -0.15) is 0 Å². The Hall–Kier alpha value is -4.29. The molecule has 218 valence electrons. The standard InChI is InChI=1S/C27H33F3N4O6/c1-18(2)12-13-34(21-10-5-6-11-22(21)40-17-24(36)33(3)27(28,29)30)23(35)16-31-26(38)32-20-9-7-8-19(14-20)15-25(37)39-4/h5-11,14,18H,12-13,15-17H2,1-4H3,(H2,31,32,38). The molecule has 0 saturated carbocycles. The second-order valence-electron chi connectivity index (χ2n) is 9.17. The number of urea groups is 1. The number of amides is 4. The van der Waals surface area contributed by atoms with Crippen LogP contribution in [0.3, 0.4) is 0 Å². The predicted octanol–water partition coefficient (Wildman–Crippen LogP) is 3.96. The van der Waals surface area contributed by atoms with E-state index in [1.165, 1.54) is 18.1 Å². The molecule has 0 spiro atoms. The van der Waals surface area contributed by atoms with Crippen LogP contribution in [0.15, 0.2) is 48.5 Å². The summed E-state index contributed by atoms with van der Waals surface area (Å²) in [6.07, 6.45) is -4.25. The maximum absolute atomic E-state index is 13.2. The van der Waals surface area contributed by atoms with Crippen molar-refractivity contribution in [1.82, 2.24) is 10.2 Å². The minimum absolute atomic E-state index is 0.0243. The van der Waals surface area contributed by atoms with Gasteiger partial charge < -0.3 is 25.0 Å². The summed E-state index contributed by atoms with van der Waals surface area (Å²) < 4.78 is 48.5. The molecule has 0 saturated heterocycles. The molecule has 2 aromatic rings. The molecule has 0 fully saturated rings. The van der Waals surface area contributed by atoms with E-state index in [1.807, 2.05) is 13.8 Å². The average molecular weight is 567 g/mol. The molecule has 2 N–H and O–H groups in total. The van der Waals surface area contributed by atoms with Gasteiger partial charge in [0.25, 0.3) is 5.91 Å². The van der Waals surface area contributed by atoms with E-state index in [0.717, 1.165) is 0 Å². The third kappa shape index (κ3) is 10.1. The van der Waals surface area contributed by atoms with E-state index < -0.39 is 43.3 Å². The minimum Gasteiger partial charge on any atom is -0.482 e. The van der Waals surface area contributed by atoms with Crippen LogP contribution in [-0.2, 0) is 25.5 Å². The Balaban J connectivity index is 2.11. The van der Waals surface area contributed by atoms with E-state index in [9.17, 15) is 32.3 Å². The van der Waals surface area contributed by atoms with Gasteiger partial charge in [0.15, 0.2) is 6.61 Å². The van der Waals surface area contributed by atoms with Gasteiger partial charge in [-0.3, -0.25) is 19.3 Å². The van der Waals surface area contributed by atoms with Gasteiger partial charge in [0.05, 0.1) is 25.8 Å². The molecule has 0 atom stereocenters. The zero-order valence-corrected chi connectivity index (χ0v) is 22.7. The van der Waals surface area contributed by atoms with Gasteiger partial charge in [0.1, 0.15) is 5.75 Å². The maximum atomic E-state index is 13.2. The number of halogens is 3. The molecule has 0 aromatic heterocycles. The Kier molecular flexibility index (Phi) is 11.8. The van der Waals surface area contributed by atoms with E-state index >= 15 is 0 Å². The highest BCUT2D eigenvalue weighted by Crippen LogP contribution is 2.29. The Labute approximate surface area is 230 Å². The number of rotatable bonds is 12. The van der Waals surface area contributed by atoms with Crippen LogP contribution in [0.2, 0.25) is 0 Å². The van der Waals surface area contributed by atoms with Gasteiger partial charge in [-0.15, -0.1) is 13.2 Å². The molecule has 0 heterocycles. The zero-order chi connectivity index (χ0) is 29.9. The van der Waals surface area contributed by atoms with Crippen LogP contribution >= 0.6 is 0 Å². The highest BCUT2D eigenvalue weighted by atomic mass is 19.4. The van der Waals surface area contributed by atoms with Crippen molar-refractivity contribution in [2.75, 3.05) is 44.1 Å². The van der Waals surface area contributed by atoms with E-state index in [1.54, 1.807) is 42.5 Å². The summed E-state index contributed by atoms with van der Waals surface area (Å²) in [7, 11) is 1.87. The van der Waals surface area contributed by atoms with Gasteiger partial charge in [-0.1, -0.05) is 38.1 Å². The summed E-state index contributed by atoms with van der Waals surface area (Å²) in [6, 6.07) is 12.0. The van der Waals surface area contributed by atoms with Gasteiger partial charge in [0, 0.05) is 19.3 Å². The summed E-state index contributed by atoms with van der Waals surface area (Å²) in [6.45, 7) is 2.84. The Bertz CT molecular complexity index is 1190. The van der Waals surface area contributed by atoms with E-state index in [0.29, 0.717) is 24.7 Å². The minimum atomic E-state index is -4.85. The van der Waals surface area contributed by atoms with Crippen molar-refractivity contribution >= 4 is 35.2 Å². The molecular weight excluding hydrogens is 533 g/mol. The largest absolute Gasteiger partial charge is 0.486 e. The van der Waals surface area contributed by atoms with Crippen LogP contribution in [0.5, 0.6) is 5.75 Å². The topological polar surface area (TPSA) is 117 Å². The monoisotopic (exact) mass is 566 g/mol. The molecule has 0 unspecified atom stereocenters. The first kappa shape index (κ1) is 31.9. The van der Waals surface area contributed by atoms with Crippen molar-refractivity contribution in [2.45, 2.75) is 33.0 Å². The molecule has 40 heavy (non-hydrogen) atoms. The Morgan fingerprint density at radius 2 is 1.70 bits per heavy atom. The van der Waals surface area contributed by atoms with Crippen LogP contribution in [-0.4, -0.2) is 68.9 Å². The summed E-state index contributed by atoms with van der Waals surface area (Å²) in [5, 5.41) is 5.08. The lowest BCUT2D eigenvalue weighted by molar-refractivity contribution is -0.234. The van der Waals surface area contributed by atoms with Crippen molar-refractivity contribution in [3.8, 4) is 5.75 Å². The molecule has 2 aromatic carbocycles. The van der Waals surface area contributed by atoms with Gasteiger partial charge in [0.2, 0.25) is 5.91 Å². The Morgan fingerprint density at radius 3 is 2.35 bits per heavy atom. The fourth-order valence-electron chi connectivity index (χ4n) is 3.37. The number of benzene rings is 2. The van der Waals surface area contributed by atoms with Crippen LogP contribution in [0.4, 0.5) is 29.3 Å². The van der Waals surface area contributed by atoms with Crippen LogP contribution < -0.4 is 20.3 Å². The third-order valence-electron chi connectivity index (χ3n) is 5.65. The van der Waals surface area contributed by atoms with Gasteiger partial charge in [-0.05, 0) is 42.2 Å². The van der Waals surface area contributed by atoms with Crippen molar-refractivity contribution in [1.29, 1.82) is 0 Å². The highest BCUT2D eigenvalue weighted by Gasteiger charge is 2.38. The lowest BCUT2D eigenvalue weighted by atomic mass is 10.1. The van der Waals surface area contributed by atoms with E-state index in [2.05, 4.69) is 15.4 Å². The molecule has 0 aliphatic rings. The number of alkyl halides is 3. The van der Waals surface area contributed by atoms with Crippen LogP contribution in [0, 0.1) is 5.92 Å². The number of nitrogens with one attached hydrogen (secondary N) is 2. The number of esters is 1. The molecule has 0 aliphatic carbocycles. The maximum Gasteiger partial charge on any atom is 0.486 e. The lowest BCUT2D eigenvalue weighted by Gasteiger charge is -2.26. The number of methoxy groups -OCH3 is 1. The Morgan fingerprint density at radius 1 is 1.00 bits per heavy atom. The molecule has 4 amide bonds. The first-order valence-electron chi connectivity index (χ1n) is 12.4. The fraction of sp³-hybridized carbons (Fsp3) is 0.407. The molecule has 0 radical (unpaired) electrons. The van der Waals surface area contributed by atoms with E-state index in [4.69, 9.17) is 4.74 Å². The first-order valence-corrected chi connectivity index (χ1v) is 12.4. The number of anilines is 2. The predicted molar refractivity (Wildman–Crippen MR) is 142 cm³/mol. The molecule has 10 nitrogen and oxygen atoms in total. The number of carbonyl (C=O) groups is 4. The molecule has 0 aliphatic heterocycles. The van der Waals surface area contributed by atoms with Crippen LogP contribution in [0.25, 0.3) is 0 Å². The van der Waals surface area contributed by atoms with Crippen molar-refractivity contribution < 1.29 is 41.8 Å². The average Bonchev–Trinajstić information content (AvgIpc) is 2.90. The number of hydrogen-bond donors (Lipinski definition) is 2. The number of hydrogen-bond acceptors (Lipinski definition) is 6. The zero-order valence-electron chi connectivity index (χ0n) is 22.7. The van der Waals surface area contributed by atoms with E-state index in [-0.39, 0.29) is 35.2 Å². The molecule has 2 rings (SSSR count). The lowest BCUT2D eigenvalue weighted by Crippen LogP contribution is -2.43. The molecule has 0 bridgehead atoms. The van der Waals surface area contributed by atoms with Gasteiger partial charge >= 0.3 is 18.3 Å². The number of carbonyl (C=O) groups excluding carboxylic acids is 4. The number of nitrogens with zero attached hydrogens (tertiary/aromatic N) is 2. The number of para-hydroxylation sites is 2. The third-order valence-corrected chi connectivity index (χ3v) is 5.65. The first-order chi connectivity index (χ1) is 18.8. The second-order valence-corrected chi connectivity index (χ2v) is 9.17. The number of ether oxygens (including phenoxy) is 2. The second kappa shape index (κ2) is 14.8. The molecular formula is C27H33F3N4O6. The van der Waals surface area contributed by atoms with Crippen LogP contribution in [0.1, 0.15) is 25.8 Å². The SMILES string of the molecule is COC(=O)Cc1cccc(NC(=O)NCC(=O)N(CCC(C)C)c2ccccc2OCC(=O)N(C)C(F)(F)F)c1. The van der Waals surface area contributed by atoms with Gasteiger partial charge in [-0.25, -0.2) is 4.79 Å². The quantitative estimate of drug-likeness (QED) is 0.297. The number of likely N-dealkylation sites (N-methyl/N-ethyl adjacent to an activating group) is 1. The fourth-order valence-corrected chi connectivity index (χ4v) is 3.37. The highest BCUT2D eigenvalue weighted by molar-refractivity contribution is 5.99. The normalized spacial score (nSPS) is 11.0. The summed E-state index contributed by atoms with van der Waals surface area (Å²) >= 11 is 0. The summed E-state index contributed by atoms with van der Waals surface area (Å²) in [4.78, 5) is 50.1. The van der Waals surface area contributed by atoms with Crippen molar-refractivity contribution in [2.24, 2.45) is 5.92 Å². The smallest absolute Gasteiger partial charge is 0.482 e. The van der Waals surface area contributed by atoms with Crippen molar-refractivity contribution in [3.63, 3.8) is 0 Å². The summed E-state index contributed by atoms with van der Waals surface area (Å²) in [5.41, 5.74) is 1.26.